The van der Waals surface area contributed by atoms with Crippen LogP contribution in [-0.4, -0.2) is 38.0 Å². The summed E-state index contributed by atoms with van der Waals surface area (Å²) < 4.78 is 23.7. The minimum Gasteiger partial charge on any atom is -0.497 e. The zero-order chi connectivity index (χ0) is 26.5. The lowest BCUT2D eigenvalue weighted by Crippen LogP contribution is -2.39. The van der Waals surface area contributed by atoms with Gasteiger partial charge in [0.15, 0.2) is 16.3 Å². The van der Waals surface area contributed by atoms with Crippen molar-refractivity contribution in [2.45, 2.75) is 19.9 Å². The van der Waals surface area contributed by atoms with Gasteiger partial charge in [0.05, 0.1) is 42.7 Å². The fourth-order valence-corrected chi connectivity index (χ4v) is 5.13. The Bertz CT molecular complexity index is 1530. The van der Waals surface area contributed by atoms with Crippen molar-refractivity contribution in [1.29, 1.82) is 0 Å². The highest BCUT2D eigenvalue weighted by molar-refractivity contribution is 7.07. The number of fused-ring (bicyclic) bond motifs is 1. The topological polar surface area (TPSA) is 88.4 Å². The fourth-order valence-electron chi connectivity index (χ4n) is 4.09. The number of methoxy groups -OCH3 is 2. The van der Waals surface area contributed by atoms with E-state index in [2.05, 4.69) is 11.6 Å². The van der Waals surface area contributed by atoms with Gasteiger partial charge in [-0.2, -0.15) is 0 Å². The van der Waals surface area contributed by atoms with Crippen LogP contribution >= 0.6 is 11.3 Å². The van der Waals surface area contributed by atoms with Crippen molar-refractivity contribution < 1.29 is 23.7 Å². The Balaban J connectivity index is 1.87. The van der Waals surface area contributed by atoms with E-state index in [9.17, 15) is 9.59 Å². The molecular weight excluding hydrogens is 492 g/mol. The first-order valence-corrected chi connectivity index (χ1v) is 12.5. The van der Waals surface area contributed by atoms with E-state index in [1.54, 1.807) is 69.1 Å². The molecule has 1 aromatic heterocycles. The lowest BCUT2D eigenvalue weighted by atomic mass is 9.96. The van der Waals surface area contributed by atoms with Crippen LogP contribution in [-0.2, 0) is 9.53 Å². The molecule has 0 spiro atoms. The van der Waals surface area contributed by atoms with Gasteiger partial charge in [0, 0.05) is 0 Å². The second kappa shape index (κ2) is 11.3. The lowest BCUT2D eigenvalue weighted by Gasteiger charge is -2.24. The largest absolute Gasteiger partial charge is 0.497 e. The highest BCUT2D eigenvalue weighted by atomic mass is 32.1. The number of benzene rings is 2. The van der Waals surface area contributed by atoms with Crippen molar-refractivity contribution >= 4 is 23.4 Å². The van der Waals surface area contributed by atoms with Crippen molar-refractivity contribution in [3.63, 3.8) is 0 Å². The van der Waals surface area contributed by atoms with Crippen LogP contribution < -0.4 is 29.1 Å². The molecule has 1 aliphatic rings. The molecule has 0 N–H and O–H groups in total. The molecule has 0 fully saturated rings. The Morgan fingerprint density at radius 3 is 2.54 bits per heavy atom. The molecular formula is C28H28N2O6S. The van der Waals surface area contributed by atoms with E-state index in [1.807, 2.05) is 18.2 Å². The maximum absolute atomic E-state index is 13.7. The van der Waals surface area contributed by atoms with Crippen LogP contribution in [0.15, 0.2) is 76.2 Å². The van der Waals surface area contributed by atoms with Crippen LogP contribution in [0.5, 0.6) is 17.2 Å². The molecule has 0 saturated heterocycles. The average Bonchev–Trinajstić information content (AvgIpc) is 3.21. The first kappa shape index (κ1) is 26.0. The molecule has 192 valence electrons. The van der Waals surface area contributed by atoms with E-state index < -0.39 is 12.0 Å². The van der Waals surface area contributed by atoms with Gasteiger partial charge in [-0.3, -0.25) is 9.36 Å². The van der Waals surface area contributed by atoms with E-state index in [4.69, 9.17) is 18.9 Å². The predicted molar refractivity (Wildman–Crippen MR) is 142 cm³/mol. The van der Waals surface area contributed by atoms with E-state index in [0.29, 0.717) is 44.5 Å². The lowest BCUT2D eigenvalue weighted by molar-refractivity contribution is -0.139. The number of ether oxygens (including phenoxy) is 4. The summed E-state index contributed by atoms with van der Waals surface area (Å²) >= 11 is 1.26. The summed E-state index contributed by atoms with van der Waals surface area (Å²) in [4.78, 5) is 31.8. The van der Waals surface area contributed by atoms with Crippen LogP contribution in [0.2, 0.25) is 0 Å². The number of aromatic nitrogens is 1. The van der Waals surface area contributed by atoms with E-state index in [-0.39, 0.29) is 12.2 Å². The number of carbonyl (C=O) groups excluding carboxylic acids is 1. The molecule has 4 rings (SSSR count). The van der Waals surface area contributed by atoms with Gasteiger partial charge in [-0.25, -0.2) is 9.79 Å². The summed E-state index contributed by atoms with van der Waals surface area (Å²) in [5.74, 6) is 1.29. The first-order chi connectivity index (χ1) is 17.9. The quantitative estimate of drug-likeness (QED) is 0.318. The zero-order valence-electron chi connectivity index (χ0n) is 21.1. The van der Waals surface area contributed by atoms with E-state index in [0.717, 1.165) is 11.1 Å². The SMILES string of the molecule is C=CCOc1ccc(C=c2sc3n(c2=O)C(c2ccc(OC)cc2)C(C(=O)OCC)=C(C)N=3)cc1OC. The second-order valence-corrected chi connectivity index (χ2v) is 9.09. The predicted octanol–water partition coefficient (Wildman–Crippen LogP) is 3.38. The number of hydrogen-bond donors (Lipinski definition) is 0. The van der Waals surface area contributed by atoms with Crippen molar-refractivity contribution in [3.05, 3.63) is 97.2 Å². The Morgan fingerprint density at radius 1 is 1.14 bits per heavy atom. The molecule has 1 unspecified atom stereocenters. The second-order valence-electron chi connectivity index (χ2n) is 8.09. The summed E-state index contributed by atoms with van der Waals surface area (Å²) in [5, 5.41) is 0. The number of nitrogens with zero attached hydrogens (tertiary/aromatic N) is 2. The van der Waals surface area contributed by atoms with Crippen LogP contribution in [0.3, 0.4) is 0 Å². The highest BCUT2D eigenvalue weighted by Crippen LogP contribution is 2.32. The maximum atomic E-state index is 13.7. The Morgan fingerprint density at radius 2 is 1.89 bits per heavy atom. The number of thiazole rings is 1. The summed E-state index contributed by atoms with van der Waals surface area (Å²) in [6.45, 7) is 7.72. The third-order valence-corrected chi connectivity index (χ3v) is 6.77. The van der Waals surface area contributed by atoms with Crippen molar-refractivity contribution in [3.8, 4) is 17.2 Å². The van der Waals surface area contributed by atoms with Gasteiger partial charge in [-0.05, 0) is 55.3 Å². The maximum Gasteiger partial charge on any atom is 0.338 e. The number of rotatable bonds is 9. The van der Waals surface area contributed by atoms with Gasteiger partial charge in [0.1, 0.15) is 12.4 Å². The smallest absolute Gasteiger partial charge is 0.338 e. The molecule has 0 radical (unpaired) electrons. The number of esters is 1. The van der Waals surface area contributed by atoms with Gasteiger partial charge in [-0.1, -0.05) is 42.2 Å². The van der Waals surface area contributed by atoms with Gasteiger partial charge in [0.2, 0.25) is 0 Å². The van der Waals surface area contributed by atoms with E-state index in [1.165, 1.54) is 11.3 Å². The summed E-state index contributed by atoms with van der Waals surface area (Å²) in [5.41, 5.74) is 2.09. The molecule has 3 aromatic rings. The van der Waals surface area contributed by atoms with Crippen LogP contribution in [0.25, 0.3) is 6.08 Å². The fraction of sp³-hybridized carbons (Fsp3) is 0.250. The van der Waals surface area contributed by atoms with Gasteiger partial charge in [0.25, 0.3) is 5.56 Å². The first-order valence-electron chi connectivity index (χ1n) is 11.7. The monoisotopic (exact) mass is 520 g/mol. The summed E-state index contributed by atoms with van der Waals surface area (Å²) in [7, 11) is 3.14. The molecule has 8 nitrogen and oxygen atoms in total. The Kier molecular flexibility index (Phi) is 7.93. The third-order valence-electron chi connectivity index (χ3n) is 5.79. The Hall–Kier alpha value is -4.11. The van der Waals surface area contributed by atoms with Crippen molar-refractivity contribution in [2.24, 2.45) is 4.99 Å². The standard InChI is InChI=1S/C28H28N2O6S/c1-6-14-36-21-13-8-18(15-22(21)34-5)16-23-26(31)30-25(19-9-11-20(33-4)12-10-19)24(27(32)35-7-2)17(3)29-28(30)37-23/h6,8-13,15-16,25H,1,7,14H2,2-5H3. The summed E-state index contributed by atoms with van der Waals surface area (Å²) in [6.07, 6.45) is 3.43. The number of hydrogen-bond acceptors (Lipinski definition) is 8. The number of carbonyl (C=O) groups is 1. The molecule has 0 aliphatic carbocycles. The van der Waals surface area contributed by atoms with Crippen molar-refractivity contribution in [2.75, 3.05) is 27.4 Å². The van der Waals surface area contributed by atoms with Gasteiger partial charge in [-0.15, -0.1) is 0 Å². The number of allylic oxidation sites excluding steroid dienone is 1. The summed E-state index contributed by atoms with van der Waals surface area (Å²) in [6, 6.07) is 12.0. The minimum atomic E-state index is -0.687. The third kappa shape index (κ3) is 5.22. The minimum absolute atomic E-state index is 0.212. The Labute approximate surface area is 218 Å². The molecule has 0 saturated carbocycles. The van der Waals surface area contributed by atoms with Gasteiger partial charge < -0.3 is 18.9 Å². The molecule has 0 bridgehead atoms. The van der Waals surface area contributed by atoms with Crippen molar-refractivity contribution in [1.82, 2.24) is 4.57 Å². The molecule has 1 aliphatic heterocycles. The van der Waals surface area contributed by atoms with Gasteiger partial charge >= 0.3 is 5.97 Å². The van der Waals surface area contributed by atoms with Crippen LogP contribution in [0, 0.1) is 0 Å². The normalized spacial score (nSPS) is 15.0. The molecule has 2 aromatic carbocycles. The molecule has 1 atom stereocenters. The molecule has 9 heteroatoms. The molecule has 2 heterocycles. The molecule has 0 amide bonds. The molecule has 37 heavy (non-hydrogen) atoms. The van der Waals surface area contributed by atoms with Crippen LogP contribution in [0.1, 0.15) is 31.0 Å². The van der Waals surface area contributed by atoms with E-state index >= 15 is 0 Å². The zero-order valence-corrected chi connectivity index (χ0v) is 22.0. The highest BCUT2D eigenvalue weighted by Gasteiger charge is 2.33. The average molecular weight is 521 g/mol. The van der Waals surface area contributed by atoms with Crippen LogP contribution in [0.4, 0.5) is 0 Å².